The van der Waals surface area contributed by atoms with Crippen molar-refractivity contribution >= 4 is 50.5 Å². The molecule has 1 amide bonds. The molecule has 36 heavy (non-hydrogen) atoms. The molecule has 10 heteroatoms. The quantitative estimate of drug-likeness (QED) is 0.314. The number of nitrogens with one attached hydrogen (secondary N) is 3. The van der Waals surface area contributed by atoms with Crippen LogP contribution < -0.4 is 15.0 Å². The van der Waals surface area contributed by atoms with Gasteiger partial charge in [-0.3, -0.25) is 19.3 Å². The Morgan fingerprint density at radius 3 is 2.72 bits per heavy atom. The van der Waals surface area contributed by atoms with Crippen molar-refractivity contribution in [2.24, 2.45) is 0 Å². The highest BCUT2D eigenvalue weighted by Crippen LogP contribution is 2.36. The van der Waals surface area contributed by atoms with E-state index in [0.29, 0.717) is 21.7 Å². The number of aromatic amines is 1. The molecule has 0 spiro atoms. The molecule has 5 rings (SSSR count). The van der Waals surface area contributed by atoms with Gasteiger partial charge in [-0.25, -0.2) is 8.93 Å². The van der Waals surface area contributed by atoms with Crippen molar-refractivity contribution in [1.82, 2.24) is 24.0 Å². The van der Waals surface area contributed by atoms with Gasteiger partial charge in [0.05, 0.1) is 17.1 Å². The third-order valence-corrected chi connectivity index (χ3v) is 7.19. The predicted molar refractivity (Wildman–Crippen MR) is 143 cm³/mol. The highest BCUT2D eigenvalue weighted by molar-refractivity contribution is 7.81. The Labute approximate surface area is 214 Å². The standard InChI is InChI=1S/C26H22ClN5O3S/c1-15-9-10-21-19(12-15)22(18-7-5-11-29-25(18)33)24(26(34)31-36(35)28-2)32(21)14-16-13-30-20-8-4-3-6-17(20)23(16)27/h3-13,28H,14H2,1-2H3,(H,29,33)(H,31,34). The first kappa shape index (κ1) is 23.9. The van der Waals surface area contributed by atoms with Gasteiger partial charge in [-0.15, -0.1) is 0 Å². The number of para-hydroxylation sites is 1. The number of hydrogen-bond acceptors (Lipinski definition) is 4. The molecule has 3 heterocycles. The molecule has 5 aromatic rings. The van der Waals surface area contributed by atoms with Crippen LogP contribution in [0, 0.1) is 6.92 Å². The minimum atomic E-state index is -1.82. The lowest BCUT2D eigenvalue weighted by molar-refractivity contribution is 0.0975. The van der Waals surface area contributed by atoms with Gasteiger partial charge in [-0.2, -0.15) is 0 Å². The van der Waals surface area contributed by atoms with Crippen LogP contribution in [-0.2, 0) is 17.7 Å². The summed E-state index contributed by atoms with van der Waals surface area (Å²) in [4.78, 5) is 33.6. The highest BCUT2D eigenvalue weighted by atomic mass is 35.5. The average Bonchev–Trinajstić information content (AvgIpc) is 3.19. The topological polar surface area (TPSA) is 109 Å². The van der Waals surface area contributed by atoms with E-state index in [4.69, 9.17) is 11.6 Å². The van der Waals surface area contributed by atoms with E-state index in [2.05, 4.69) is 19.4 Å². The zero-order valence-electron chi connectivity index (χ0n) is 19.5. The fourth-order valence-electron chi connectivity index (χ4n) is 4.37. The van der Waals surface area contributed by atoms with Crippen LogP contribution in [0.5, 0.6) is 0 Å². The van der Waals surface area contributed by atoms with E-state index in [9.17, 15) is 13.8 Å². The molecular formula is C26H22ClN5O3S. The van der Waals surface area contributed by atoms with Crippen LogP contribution in [0.4, 0.5) is 0 Å². The normalized spacial score (nSPS) is 12.2. The fraction of sp³-hybridized carbons (Fsp3) is 0.115. The number of amides is 1. The maximum absolute atomic E-state index is 13.6. The maximum atomic E-state index is 13.6. The van der Waals surface area contributed by atoms with E-state index in [1.807, 2.05) is 49.4 Å². The molecule has 0 aliphatic carbocycles. The van der Waals surface area contributed by atoms with E-state index in [1.54, 1.807) is 22.9 Å². The zero-order chi connectivity index (χ0) is 25.4. The number of rotatable bonds is 6. The molecule has 1 atom stereocenters. The van der Waals surface area contributed by atoms with Gasteiger partial charge in [-0.05, 0) is 44.3 Å². The van der Waals surface area contributed by atoms with Gasteiger partial charge in [0, 0.05) is 45.4 Å². The predicted octanol–water partition coefficient (Wildman–Crippen LogP) is 4.08. The van der Waals surface area contributed by atoms with Crippen LogP contribution in [0.2, 0.25) is 5.02 Å². The Morgan fingerprint density at radius 2 is 1.94 bits per heavy atom. The van der Waals surface area contributed by atoms with Crippen LogP contribution in [0.25, 0.3) is 32.9 Å². The molecule has 8 nitrogen and oxygen atoms in total. The molecule has 2 aromatic carbocycles. The number of aryl methyl sites for hydroxylation is 1. The lowest BCUT2D eigenvalue weighted by Crippen LogP contribution is -2.34. The van der Waals surface area contributed by atoms with Crippen molar-refractivity contribution in [2.45, 2.75) is 13.5 Å². The van der Waals surface area contributed by atoms with Gasteiger partial charge in [0.25, 0.3) is 11.5 Å². The summed E-state index contributed by atoms with van der Waals surface area (Å²) >= 11 is 4.97. The summed E-state index contributed by atoms with van der Waals surface area (Å²) in [6.45, 7) is 2.14. The SMILES string of the molecule is CNS(=O)NC(=O)c1c(-c2ccc[nH]c2=O)c2cc(C)ccc2n1Cc1cnc2ccccc2c1Cl. The van der Waals surface area contributed by atoms with Crippen molar-refractivity contribution in [2.75, 3.05) is 7.05 Å². The van der Waals surface area contributed by atoms with Crippen LogP contribution in [0.15, 0.2) is 71.8 Å². The van der Waals surface area contributed by atoms with Crippen LogP contribution in [-0.4, -0.2) is 31.7 Å². The van der Waals surface area contributed by atoms with E-state index >= 15 is 0 Å². The molecule has 0 saturated heterocycles. The fourth-order valence-corrected chi connectivity index (χ4v) is 5.01. The van der Waals surface area contributed by atoms with Crippen LogP contribution in [0.1, 0.15) is 21.6 Å². The van der Waals surface area contributed by atoms with E-state index in [1.165, 1.54) is 13.2 Å². The largest absolute Gasteiger partial charge is 0.331 e. The molecule has 182 valence electrons. The summed E-state index contributed by atoms with van der Waals surface area (Å²) in [6, 6.07) is 16.7. The maximum Gasteiger partial charge on any atom is 0.281 e. The van der Waals surface area contributed by atoms with Gasteiger partial charge >= 0.3 is 0 Å². The van der Waals surface area contributed by atoms with Crippen molar-refractivity contribution in [3.05, 3.63) is 99.2 Å². The molecule has 0 fully saturated rings. The monoisotopic (exact) mass is 519 g/mol. The number of aromatic nitrogens is 3. The number of carbonyl (C=O) groups is 1. The van der Waals surface area contributed by atoms with Gasteiger partial charge in [0.1, 0.15) is 5.69 Å². The number of nitrogens with zero attached hydrogens (tertiary/aromatic N) is 2. The van der Waals surface area contributed by atoms with E-state index < -0.39 is 17.1 Å². The summed E-state index contributed by atoms with van der Waals surface area (Å²) < 4.78 is 19.0. The Morgan fingerprint density at radius 1 is 1.14 bits per heavy atom. The molecule has 3 N–H and O–H groups in total. The molecule has 0 aliphatic rings. The smallest absolute Gasteiger partial charge is 0.281 e. The number of hydrogen-bond donors (Lipinski definition) is 3. The Bertz CT molecular complexity index is 1730. The summed E-state index contributed by atoms with van der Waals surface area (Å²) in [6.07, 6.45) is 3.22. The van der Waals surface area contributed by atoms with Crippen molar-refractivity contribution in [3.8, 4) is 11.1 Å². The highest BCUT2D eigenvalue weighted by Gasteiger charge is 2.27. The second-order valence-electron chi connectivity index (χ2n) is 8.26. The minimum Gasteiger partial charge on any atom is -0.331 e. The lowest BCUT2D eigenvalue weighted by atomic mass is 10.0. The van der Waals surface area contributed by atoms with Gasteiger partial charge < -0.3 is 9.55 Å². The average molecular weight is 520 g/mol. The minimum absolute atomic E-state index is 0.195. The van der Waals surface area contributed by atoms with Crippen molar-refractivity contribution < 1.29 is 9.00 Å². The third-order valence-electron chi connectivity index (χ3n) is 6.00. The Balaban J connectivity index is 1.81. The van der Waals surface area contributed by atoms with Gasteiger partial charge in [0.15, 0.2) is 11.2 Å². The van der Waals surface area contributed by atoms with Gasteiger partial charge in [0.2, 0.25) is 0 Å². The summed E-state index contributed by atoms with van der Waals surface area (Å²) in [5.41, 5.74) is 3.78. The molecule has 0 saturated carbocycles. The molecular weight excluding hydrogens is 498 g/mol. The first-order chi connectivity index (χ1) is 17.4. The van der Waals surface area contributed by atoms with Gasteiger partial charge in [-0.1, -0.05) is 41.4 Å². The van der Waals surface area contributed by atoms with E-state index in [0.717, 1.165) is 27.4 Å². The molecule has 0 aliphatic heterocycles. The lowest BCUT2D eigenvalue weighted by Gasteiger charge is -2.14. The first-order valence-corrected chi connectivity index (χ1v) is 12.6. The number of H-pyrrole nitrogens is 1. The van der Waals surface area contributed by atoms with Crippen molar-refractivity contribution in [3.63, 3.8) is 0 Å². The zero-order valence-corrected chi connectivity index (χ0v) is 21.0. The third kappa shape index (κ3) is 4.21. The summed E-state index contributed by atoms with van der Waals surface area (Å²) in [7, 11) is 1.47. The van der Waals surface area contributed by atoms with Crippen LogP contribution in [0.3, 0.4) is 0 Å². The molecule has 1 unspecified atom stereocenters. The molecule has 0 radical (unpaired) electrons. The summed E-state index contributed by atoms with van der Waals surface area (Å²) in [5.74, 6) is -0.598. The Kier molecular flexibility index (Phi) is 6.44. The number of fused-ring (bicyclic) bond motifs is 2. The summed E-state index contributed by atoms with van der Waals surface area (Å²) in [5, 5.41) is 2.04. The second kappa shape index (κ2) is 9.69. The Hall–Kier alpha value is -3.79. The number of benzene rings is 2. The number of carbonyl (C=O) groups excluding carboxylic acids is 1. The van der Waals surface area contributed by atoms with E-state index in [-0.39, 0.29) is 17.8 Å². The van der Waals surface area contributed by atoms with Crippen molar-refractivity contribution in [1.29, 1.82) is 0 Å². The molecule has 0 bridgehead atoms. The number of pyridine rings is 2. The molecule has 3 aromatic heterocycles. The second-order valence-corrected chi connectivity index (χ2v) is 9.79. The first-order valence-electron chi connectivity index (χ1n) is 11.1. The number of halogens is 1. The van der Waals surface area contributed by atoms with Crippen LogP contribution >= 0.6 is 11.6 Å².